The third-order valence-electron chi connectivity index (χ3n) is 3.67. The molecule has 0 radical (unpaired) electrons. The van der Waals surface area contributed by atoms with E-state index in [0.29, 0.717) is 12.5 Å². The molecule has 2 aliphatic rings. The smallest absolute Gasteiger partial charge is 0.272 e. The highest BCUT2D eigenvalue weighted by atomic mass is 35.6. The van der Waals surface area contributed by atoms with Gasteiger partial charge in [-0.1, -0.05) is 41.2 Å². The van der Waals surface area contributed by atoms with E-state index in [1.807, 2.05) is 0 Å². The first kappa shape index (κ1) is 11.8. The van der Waals surface area contributed by atoms with Crippen molar-refractivity contribution in [3.63, 3.8) is 0 Å². The Morgan fingerprint density at radius 3 is 2.47 bits per heavy atom. The molecule has 3 atom stereocenters. The Hall–Kier alpha value is 0.340. The number of fused-ring (bicyclic) bond motifs is 2. The van der Waals surface area contributed by atoms with E-state index >= 15 is 0 Å². The van der Waals surface area contributed by atoms with Gasteiger partial charge in [0.25, 0.3) is 9.70 Å². The molecule has 3 unspecified atom stereocenters. The summed E-state index contributed by atoms with van der Waals surface area (Å²) in [5.41, 5.74) is 0. The topological polar surface area (TPSA) is 29.1 Å². The van der Waals surface area contributed by atoms with Crippen LogP contribution in [0.1, 0.15) is 25.7 Å². The zero-order valence-electron chi connectivity index (χ0n) is 8.31. The monoisotopic (exact) mass is 269 g/mol. The quantitative estimate of drug-likeness (QED) is 0.768. The summed E-state index contributed by atoms with van der Waals surface area (Å²) in [4.78, 5) is 11.3. The molecule has 2 fully saturated rings. The lowest BCUT2D eigenvalue weighted by molar-refractivity contribution is -0.120. The van der Waals surface area contributed by atoms with Crippen molar-refractivity contribution in [1.29, 1.82) is 0 Å². The Morgan fingerprint density at radius 1 is 1.27 bits per heavy atom. The third-order valence-corrected chi connectivity index (χ3v) is 4.18. The SMILES string of the molecule is O=C(NCC1CC2CCC1C2)C(Cl)(Cl)Cl. The minimum atomic E-state index is -1.82. The summed E-state index contributed by atoms with van der Waals surface area (Å²) in [6.45, 7) is 0.661. The molecular weight excluding hydrogens is 256 g/mol. The normalized spacial score (nSPS) is 34.5. The summed E-state index contributed by atoms with van der Waals surface area (Å²) in [7, 11) is 0. The molecule has 0 spiro atoms. The fourth-order valence-corrected chi connectivity index (χ4v) is 3.15. The summed E-state index contributed by atoms with van der Waals surface area (Å²) in [5, 5.41) is 2.71. The van der Waals surface area contributed by atoms with Gasteiger partial charge in [0.2, 0.25) is 0 Å². The maximum Gasteiger partial charge on any atom is 0.272 e. The van der Waals surface area contributed by atoms with Crippen LogP contribution < -0.4 is 5.32 Å². The molecule has 86 valence electrons. The molecule has 2 rings (SSSR count). The lowest BCUT2D eigenvalue weighted by Crippen LogP contribution is -2.38. The van der Waals surface area contributed by atoms with Crippen molar-refractivity contribution in [2.24, 2.45) is 17.8 Å². The van der Waals surface area contributed by atoms with Crippen LogP contribution in [0.3, 0.4) is 0 Å². The van der Waals surface area contributed by atoms with Crippen LogP contribution in [0.2, 0.25) is 0 Å². The molecule has 0 aromatic carbocycles. The molecule has 15 heavy (non-hydrogen) atoms. The van der Waals surface area contributed by atoms with E-state index in [2.05, 4.69) is 5.32 Å². The van der Waals surface area contributed by atoms with E-state index in [1.165, 1.54) is 25.7 Å². The zero-order chi connectivity index (χ0) is 11.1. The molecule has 0 aliphatic heterocycles. The first-order valence-electron chi connectivity index (χ1n) is 5.32. The Labute approximate surface area is 105 Å². The Bertz CT molecular complexity index is 264. The highest BCUT2D eigenvalue weighted by Crippen LogP contribution is 2.48. The van der Waals surface area contributed by atoms with Gasteiger partial charge in [0.1, 0.15) is 0 Å². The molecule has 0 aromatic heterocycles. The van der Waals surface area contributed by atoms with Crippen molar-refractivity contribution in [3.05, 3.63) is 0 Å². The van der Waals surface area contributed by atoms with Crippen LogP contribution in [-0.4, -0.2) is 16.2 Å². The lowest BCUT2D eigenvalue weighted by Gasteiger charge is -2.22. The van der Waals surface area contributed by atoms with Gasteiger partial charge in [-0.25, -0.2) is 0 Å². The van der Waals surface area contributed by atoms with E-state index in [0.717, 1.165) is 11.8 Å². The molecule has 2 saturated carbocycles. The Balaban J connectivity index is 1.77. The highest BCUT2D eigenvalue weighted by molar-refractivity contribution is 6.76. The van der Waals surface area contributed by atoms with Crippen molar-refractivity contribution >= 4 is 40.7 Å². The van der Waals surface area contributed by atoms with Gasteiger partial charge in [-0.15, -0.1) is 0 Å². The molecule has 1 N–H and O–H groups in total. The average molecular weight is 271 g/mol. The van der Waals surface area contributed by atoms with Crippen molar-refractivity contribution < 1.29 is 4.79 Å². The summed E-state index contributed by atoms with van der Waals surface area (Å²) >= 11 is 16.4. The van der Waals surface area contributed by atoms with Crippen LogP contribution in [0.15, 0.2) is 0 Å². The highest BCUT2D eigenvalue weighted by Gasteiger charge is 2.40. The fourth-order valence-electron chi connectivity index (χ4n) is 2.95. The van der Waals surface area contributed by atoms with Crippen molar-refractivity contribution in [1.82, 2.24) is 5.32 Å². The maximum atomic E-state index is 11.3. The van der Waals surface area contributed by atoms with E-state index < -0.39 is 9.70 Å². The van der Waals surface area contributed by atoms with Crippen LogP contribution >= 0.6 is 34.8 Å². The van der Waals surface area contributed by atoms with Crippen molar-refractivity contribution in [2.45, 2.75) is 29.5 Å². The minimum Gasteiger partial charge on any atom is -0.352 e. The van der Waals surface area contributed by atoms with E-state index in [1.54, 1.807) is 0 Å². The average Bonchev–Trinajstić information content (AvgIpc) is 2.73. The van der Waals surface area contributed by atoms with Crippen LogP contribution in [0, 0.1) is 17.8 Å². The first-order chi connectivity index (χ1) is 6.97. The third kappa shape index (κ3) is 2.72. The van der Waals surface area contributed by atoms with E-state index in [-0.39, 0.29) is 0 Å². The van der Waals surface area contributed by atoms with Crippen molar-refractivity contribution in [2.75, 3.05) is 6.54 Å². The molecule has 2 aliphatic carbocycles. The van der Waals surface area contributed by atoms with Gasteiger partial charge in [0, 0.05) is 6.54 Å². The molecule has 0 aromatic rings. The van der Waals surface area contributed by atoms with Gasteiger partial charge >= 0.3 is 0 Å². The number of alkyl halides is 3. The lowest BCUT2D eigenvalue weighted by atomic mass is 9.89. The van der Waals surface area contributed by atoms with Crippen LogP contribution in [0.25, 0.3) is 0 Å². The maximum absolute atomic E-state index is 11.3. The summed E-state index contributed by atoms with van der Waals surface area (Å²) in [5.74, 6) is 1.76. The van der Waals surface area contributed by atoms with Crippen LogP contribution in [0.5, 0.6) is 0 Å². The van der Waals surface area contributed by atoms with Crippen LogP contribution in [0.4, 0.5) is 0 Å². The van der Waals surface area contributed by atoms with Gasteiger partial charge in [-0.2, -0.15) is 0 Å². The molecule has 1 amide bonds. The molecular formula is C10H14Cl3NO. The van der Waals surface area contributed by atoms with Gasteiger partial charge in [0.05, 0.1) is 0 Å². The first-order valence-corrected chi connectivity index (χ1v) is 6.45. The summed E-state index contributed by atoms with van der Waals surface area (Å²) in [6, 6.07) is 0. The fraction of sp³-hybridized carbons (Fsp3) is 0.900. The van der Waals surface area contributed by atoms with Crippen LogP contribution in [-0.2, 0) is 4.79 Å². The van der Waals surface area contributed by atoms with E-state index in [4.69, 9.17) is 34.8 Å². The van der Waals surface area contributed by atoms with Crippen molar-refractivity contribution in [3.8, 4) is 0 Å². The minimum absolute atomic E-state index is 0.504. The molecule has 0 saturated heterocycles. The number of nitrogens with one attached hydrogen (secondary N) is 1. The van der Waals surface area contributed by atoms with E-state index in [9.17, 15) is 4.79 Å². The van der Waals surface area contributed by atoms with Gasteiger partial charge in [-0.05, 0) is 37.0 Å². The van der Waals surface area contributed by atoms with Gasteiger partial charge in [-0.3, -0.25) is 4.79 Å². The molecule has 2 bridgehead atoms. The standard InChI is InChI=1S/C10H14Cl3NO/c11-10(12,13)9(15)14-5-8-4-6-1-2-7(8)3-6/h6-8H,1-5H2,(H,14,15). The number of hydrogen-bond donors (Lipinski definition) is 1. The second-order valence-electron chi connectivity index (χ2n) is 4.64. The number of halogens is 3. The summed E-state index contributed by atoms with van der Waals surface area (Å²) in [6.07, 6.45) is 5.22. The second kappa shape index (κ2) is 4.31. The number of carbonyl (C=O) groups excluding carboxylic acids is 1. The second-order valence-corrected chi connectivity index (χ2v) is 6.92. The predicted octanol–water partition coefficient (Wildman–Crippen LogP) is 2.91. The zero-order valence-corrected chi connectivity index (χ0v) is 10.6. The van der Waals surface area contributed by atoms with Gasteiger partial charge in [0.15, 0.2) is 0 Å². The number of amides is 1. The summed E-state index contributed by atoms with van der Waals surface area (Å²) < 4.78 is -1.82. The Kier molecular flexibility index (Phi) is 3.39. The number of rotatable bonds is 2. The van der Waals surface area contributed by atoms with Gasteiger partial charge < -0.3 is 5.32 Å². The largest absolute Gasteiger partial charge is 0.352 e. The molecule has 2 nitrogen and oxygen atoms in total. The predicted molar refractivity (Wildman–Crippen MR) is 62.2 cm³/mol. The Morgan fingerprint density at radius 2 is 2.00 bits per heavy atom. The molecule has 5 heteroatoms. The number of hydrogen-bond acceptors (Lipinski definition) is 1. The molecule has 0 heterocycles. The number of carbonyl (C=O) groups is 1.